The predicted molar refractivity (Wildman–Crippen MR) is 51.5 cm³/mol. The highest BCUT2D eigenvalue weighted by molar-refractivity contribution is 9.10. The van der Waals surface area contributed by atoms with E-state index in [4.69, 9.17) is 0 Å². The summed E-state index contributed by atoms with van der Waals surface area (Å²) in [7, 11) is 1.70. The fourth-order valence-electron chi connectivity index (χ4n) is 1.08. The molecular weight excluding hydrogens is 240 g/mol. The van der Waals surface area contributed by atoms with E-state index in [0.717, 1.165) is 6.07 Å². The highest BCUT2D eigenvalue weighted by Gasteiger charge is 2.16. The average Bonchev–Trinajstić information content (AvgIpc) is 2.12. The summed E-state index contributed by atoms with van der Waals surface area (Å²) in [6.45, 7) is 1.77. The van der Waals surface area contributed by atoms with Crippen LogP contribution in [0.1, 0.15) is 18.5 Å². The summed E-state index contributed by atoms with van der Waals surface area (Å²) >= 11 is 3.18. The van der Waals surface area contributed by atoms with Crippen molar-refractivity contribution in [1.82, 2.24) is 5.32 Å². The zero-order valence-corrected chi connectivity index (χ0v) is 8.95. The Morgan fingerprint density at radius 1 is 1.38 bits per heavy atom. The van der Waals surface area contributed by atoms with Gasteiger partial charge in [-0.2, -0.15) is 0 Å². The summed E-state index contributed by atoms with van der Waals surface area (Å²) in [5.74, 6) is -1.61. The van der Waals surface area contributed by atoms with Gasteiger partial charge in [-0.3, -0.25) is 0 Å². The Kier molecular flexibility index (Phi) is 3.39. The van der Waals surface area contributed by atoms with Crippen LogP contribution < -0.4 is 5.32 Å². The first-order valence-electron chi connectivity index (χ1n) is 3.88. The lowest BCUT2D eigenvalue weighted by Gasteiger charge is -2.13. The van der Waals surface area contributed by atoms with Crippen molar-refractivity contribution in [3.05, 3.63) is 33.8 Å². The Morgan fingerprint density at radius 3 is 2.54 bits per heavy atom. The van der Waals surface area contributed by atoms with E-state index in [9.17, 15) is 8.78 Å². The highest BCUT2D eigenvalue weighted by atomic mass is 79.9. The fraction of sp³-hybridized carbons (Fsp3) is 0.333. The van der Waals surface area contributed by atoms with Crippen molar-refractivity contribution in [3.8, 4) is 0 Å². The quantitative estimate of drug-likeness (QED) is 0.795. The molecule has 1 atom stereocenters. The van der Waals surface area contributed by atoms with Crippen molar-refractivity contribution in [2.75, 3.05) is 7.05 Å². The van der Waals surface area contributed by atoms with Crippen molar-refractivity contribution in [3.63, 3.8) is 0 Å². The van der Waals surface area contributed by atoms with Crippen LogP contribution in [0, 0.1) is 11.6 Å². The first kappa shape index (κ1) is 10.6. The molecule has 4 heteroatoms. The number of hydrogen-bond donors (Lipinski definition) is 1. The number of benzene rings is 1. The number of nitrogens with one attached hydrogen (secondary N) is 1. The van der Waals surface area contributed by atoms with Gasteiger partial charge in [0, 0.05) is 16.1 Å². The lowest BCUT2D eigenvalue weighted by Crippen LogP contribution is -2.15. The molecule has 0 radical (unpaired) electrons. The Bertz CT molecular complexity index is 315. The zero-order chi connectivity index (χ0) is 10.0. The van der Waals surface area contributed by atoms with Crippen LogP contribution in [0.5, 0.6) is 0 Å². The molecule has 0 heterocycles. The zero-order valence-electron chi connectivity index (χ0n) is 7.37. The Balaban J connectivity index is 3.25. The highest BCUT2D eigenvalue weighted by Crippen LogP contribution is 2.27. The standard InChI is InChI=1S/C9H10BrF2N/c1-5(13-2)8-6(10)3-4-7(11)9(8)12/h3-5,13H,1-2H3. The topological polar surface area (TPSA) is 12.0 Å². The summed E-state index contributed by atoms with van der Waals surface area (Å²) in [5, 5.41) is 2.85. The average molecular weight is 250 g/mol. The summed E-state index contributed by atoms with van der Waals surface area (Å²) in [6, 6.07) is 2.39. The summed E-state index contributed by atoms with van der Waals surface area (Å²) in [4.78, 5) is 0. The van der Waals surface area contributed by atoms with Gasteiger partial charge in [0.25, 0.3) is 0 Å². The Morgan fingerprint density at radius 2 is 2.00 bits per heavy atom. The Labute approximate surface area is 84.3 Å². The lowest BCUT2D eigenvalue weighted by molar-refractivity contribution is 0.481. The molecule has 0 saturated heterocycles. The van der Waals surface area contributed by atoms with Crippen LogP contribution in [-0.2, 0) is 0 Å². The van der Waals surface area contributed by atoms with Gasteiger partial charge in [0.15, 0.2) is 11.6 Å². The maximum Gasteiger partial charge on any atom is 0.164 e. The van der Waals surface area contributed by atoms with Crippen molar-refractivity contribution in [1.29, 1.82) is 0 Å². The van der Waals surface area contributed by atoms with E-state index in [-0.39, 0.29) is 6.04 Å². The van der Waals surface area contributed by atoms with Gasteiger partial charge >= 0.3 is 0 Å². The molecule has 1 aromatic carbocycles. The second kappa shape index (κ2) is 4.15. The first-order valence-corrected chi connectivity index (χ1v) is 4.68. The van der Waals surface area contributed by atoms with Gasteiger partial charge in [0.2, 0.25) is 0 Å². The largest absolute Gasteiger partial charge is 0.313 e. The molecule has 0 spiro atoms. The molecule has 0 bridgehead atoms. The molecule has 1 nitrogen and oxygen atoms in total. The molecule has 13 heavy (non-hydrogen) atoms. The van der Waals surface area contributed by atoms with Gasteiger partial charge in [-0.25, -0.2) is 8.78 Å². The Hall–Kier alpha value is -0.480. The normalized spacial score (nSPS) is 13.0. The van der Waals surface area contributed by atoms with E-state index >= 15 is 0 Å². The van der Waals surface area contributed by atoms with Crippen molar-refractivity contribution >= 4 is 15.9 Å². The van der Waals surface area contributed by atoms with Gasteiger partial charge < -0.3 is 5.32 Å². The van der Waals surface area contributed by atoms with E-state index in [2.05, 4.69) is 21.2 Å². The molecule has 0 aliphatic carbocycles. The van der Waals surface area contributed by atoms with Crippen LogP contribution in [0.3, 0.4) is 0 Å². The monoisotopic (exact) mass is 249 g/mol. The van der Waals surface area contributed by atoms with Crippen LogP contribution in [0.25, 0.3) is 0 Å². The van der Waals surface area contributed by atoms with Gasteiger partial charge in [0.1, 0.15) is 0 Å². The number of halogens is 3. The van der Waals surface area contributed by atoms with E-state index in [1.165, 1.54) is 6.07 Å². The van der Waals surface area contributed by atoms with E-state index < -0.39 is 11.6 Å². The molecule has 0 aliphatic rings. The van der Waals surface area contributed by atoms with Crippen LogP contribution in [0.15, 0.2) is 16.6 Å². The third-order valence-corrected chi connectivity index (χ3v) is 2.64. The third kappa shape index (κ3) is 2.06. The first-order chi connectivity index (χ1) is 6.07. The summed E-state index contributed by atoms with van der Waals surface area (Å²) in [6.07, 6.45) is 0. The van der Waals surface area contributed by atoms with Crippen molar-refractivity contribution in [2.45, 2.75) is 13.0 Å². The van der Waals surface area contributed by atoms with Crippen LogP contribution >= 0.6 is 15.9 Å². The summed E-state index contributed by atoms with van der Waals surface area (Å²) < 4.78 is 26.7. The minimum atomic E-state index is -0.819. The molecule has 0 fully saturated rings. The van der Waals surface area contributed by atoms with Gasteiger partial charge in [-0.05, 0) is 26.1 Å². The van der Waals surface area contributed by atoms with E-state index in [1.807, 2.05) is 0 Å². The SMILES string of the molecule is CNC(C)c1c(Br)ccc(F)c1F. The van der Waals surface area contributed by atoms with E-state index in [0.29, 0.717) is 10.0 Å². The molecule has 1 rings (SSSR count). The van der Waals surface area contributed by atoms with Crippen molar-refractivity contribution in [2.24, 2.45) is 0 Å². The molecule has 0 amide bonds. The molecule has 1 unspecified atom stereocenters. The summed E-state index contributed by atoms with van der Waals surface area (Å²) in [5.41, 5.74) is 0.322. The van der Waals surface area contributed by atoms with E-state index in [1.54, 1.807) is 14.0 Å². The van der Waals surface area contributed by atoms with Crippen LogP contribution in [0.4, 0.5) is 8.78 Å². The molecule has 0 aromatic heterocycles. The molecule has 0 saturated carbocycles. The maximum atomic E-state index is 13.3. The fourth-order valence-corrected chi connectivity index (χ4v) is 1.73. The van der Waals surface area contributed by atoms with Gasteiger partial charge in [-0.15, -0.1) is 0 Å². The molecule has 72 valence electrons. The van der Waals surface area contributed by atoms with Crippen LogP contribution in [-0.4, -0.2) is 7.05 Å². The minimum absolute atomic E-state index is 0.218. The molecule has 1 aromatic rings. The maximum absolute atomic E-state index is 13.3. The smallest absolute Gasteiger partial charge is 0.164 e. The second-order valence-corrected chi connectivity index (χ2v) is 3.62. The minimum Gasteiger partial charge on any atom is -0.313 e. The number of hydrogen-bond acceptors (Lipinski definition) is 1. The molecular formula is C9H10BrF2N. The predicted octanol–water partition coefficient (Wildman–Crippen LogP) is 3.01. The number of rotatable bonds is 2. The molecule has 1 N–H and O–H groups in total. The van der Waals surface area contributed by atoms with Crippen LogP contribution in [0.2, 0.25) is 0 Å². The van der Waals surface area contributed by atoms with Gasteiger partial charge in [-0.1, -0.05) is 15.9 Å². The third-order valence-electron chi connectivity index (χ3n) is 1.95. The second-order valence-electron chi connectivity index (χ2n) is 2.77. The van der Waals surface area contributed by atoms with Gasteiger partial charge in [0.05, 0.1) is 0 Å². The van der Waals surface area contributed by atoms with Crippen molar-refractivity contribution < 1.29 is 8.78 Å². The molecule has 0 aliphatic heterocycles. The lowest BCUT2D eigenvalue weighted by atomic mass is 10.1.